The highest BCUT2D eigenvalue weighted by molar-refractivity contribution is 7.12. The second-order valence-electron chi connectivity index (χ2n) is 3.07. The number of aromatic nitrogens is 1. The second-order valence-corrected chi connectivity index (χ2v) is 4.10. The van der Waals surface area contributed by atoms with Crippen molar-refractivity contribution in [1.82, 2.24) is 4.98 Å². The lowest BCUT2D eigenvalue weighted by atomic mass is 10.2. The standard InChI is InChI=1S/C11H13NS/c1-5-7-9-10(6-2)13-11(12-9)8(3)4/h2,5,7-8H,1,3-4H3/b7-5-. The van der Waals surface area contributed by atoms with Gasteiger partial charge in [-0.15, -0.1) is 17.8 Å². The molecule has 0 N–H and O–H groups in total. The summed E-state index contributed by atoms with van der Waals surface area (Å²) in [5.41, 5.74) is 0.929. The number of hydrogen-bond acceptors (Lipinski definition) is 2. The zero-order valence-electron chi connectivity index (χ0n) is 8.16. The minimum Gasteiger partial charge on any atom is -0.240 e. The van der Waals surface area contributed by atoms with Crippen molar-refractivity contribution >= 4 is 17.4 Å². The molecule has 1 aromatic heterocycles. The molecule has 0 aliphatic rings. The molecule has 1 aromatic rings. The lowest BCUT2D eigenvalue weighted by Gasteiger charge is -1.94. The van der Waals surface area contributed by atoms with E-state index >= 15 is 0 Å². The van der Waals surface area contributed by atoms with Crippen molar-refractivity contribution < 1.29 is 0 Å². The molecule has 0 saturated heterocycles. The number of hydrogen-bond donors (Lipinski definition) is 0. The fourth-order valence-corrected chi connectivity index (χ4v) is 1.84. The first kappa shape index (κ1) is 10.0. The van der Waals surface area contributed by atoms with Crippen molar-refractivity contribution in [3.8, 4) is 12.3 Å². The second kappa shape index (κ2) is 4.25. The first-order valence-electron chi connectivity index (χ1n) is 4.29. The van der Waals surface area contributed by atoms with Crippen LogP contribution in [0.2, 0.25) is 0 Å². The van der Waals surface area contributed by atoms with Crippen LogP contribution in [0.5, 0.6) is 0 Å². The minimum absolute atomic E-state index is 0.455. The molecule has 0 aromatic carbocycles. The van der Waals surface area contributed by atoms with E-state index in [1.54, 1.807) is 11.3 Å². The zero-order chi connectivity index (χ0) is 9.84. The number of rotatable bonds is 2. The molecule has 68 valence electrons. The zero-order valence-corrected chi connectivity index (χ0v) is 8.98. The SMILES string of the molecule is C#Cc1sc(C(C)C)nc1/C=C\C. The summed E-state index contributed by atoms with van der Waals surface area (Å²) < 4.78 is 0. The summed E-state index contributed by atoms with van der Waals surface area (Å²) in [6.07, 6.45) is 9.30. The summed E-state index contributed by atoms with van der Waals surface area (Å²) in [6, 6.07) is 0. The van der Waals surface area contributed by atoms with Gasteiger partial charge in [-0.3, -0.25) is 0 Å². The Morgan fingerprint density at radius 2 is 2.23 bits per heavy atom. The predicted molar refractivity (Wildman–Crippen MR) is 58.8 cm³/mol. The van der Waals surface area contributed by atoms with Gasteiger partial charge in [-0.1, -0.05) is 25.8 Å². The quantitative estimate of drug-likeness (QED) is 0.654. The van der Waals surface area contributed by atoms with Crippen LogP contribution < -0.4 is 0 Å². The first-order chi connectivity index (χ1) is 6.19. The molecule has 0 aliphatic carbocycles. The summed E-state index contributed by atoms with van der Waals surface area (Å²) in [4.78, 5) is 5.39. The van der Waals surface area contributed by atoms with Crippen molar-refractivity contribution in [3.05, 3.63) is 21.7 Å². The van der Waals surface area contributed by atoms with Gasteiger partial charge in [-0.05, 0) is 13.0 Å². The van der Waals surface area contributed by atoms with E-state index in [1.807, 2.05) is 19.1 Å². The smallest absolute Gasteiger partial charge is 0.104 e. The Balaban J connectivity index is 3.13. The summed E-state index contributed by atoms with van der Waals surface area (Å²) in [5, 5.41) is 1.11. The molecule has 1 heterocycles. The third-order valence-corrected chi connectivity index (χ3v) is 2.92. The highest BCUT2D eigenvalue weighted by Crippen LogP contribution is 2.24. The maximum Gasteiger partial charge on any atom is 0.104 e. The normalized spacial score (nSPS) is 11.0. The first-order valence-corrected chi connectivity index (χ1v) is 5.10. The van der Waals surface area contributed by atoms with E-state index in [0.29, 0.717) is 5.92 Å². The van der Waals surface area contributed by atoms with Crippen molar-refractivity contribution in [3.63, 3.8) is 0 Å². The molecule has 0 bridgehead atoms. The maximum atomic E-state index is 5.38. The summed E-state index contributed by atoms with van der Waals surface area (Å²) in [5.74, 6) is 3.12. The van der Waals surface area contributed by atoms with Crippen molar-refractivity contribution in [1.29, 1.82) is 0 Å². The largest absolute Gasteiger partial charge is 0.240 e. The number of terminal acetylenes is 1. The Labute approximate surface area is 83.5 Å². The molecule has 0 amide bonds. The van der Waals surface area contributed by atoms with Crippen LogP contribution in [0.15, 0.2) is 6.08 Å². The molecule has 2 heteroatoms. The van der Waals surface area contributed by atoms with Gasteiger partial charge < -0.3 is 0 Å². The fraction of sp³-hybridized carbons (Fsp3) is 0.364. The molecule has 1 rings (SSSR count). The van der Waals surface area contributed by atoms with Crippen molar-refractivity contribution in [2.75, 3.05) is 0 Å². The fourth-order valence-electron chi connectivity index (χ4n) is 0.970. The van der Waals surface area contributed by atoms with Gasteiger partial charge in [0, 0.05) is 5.92 Å². The number of nitrogens with zero attached hydrogens (tertiary/aromatic N) is 1. The van der Waals surface area contributed by atoms with E-state index in [4.69, 9.17) is 6.42 Å². The lowest BCUT2D eigenvalue weighted by Crippen LogP contribution is -1.84. The van der Waals surface area contributed by atoms with Crippen LogP contribution in [0, 0.1) is 12.3 Å². The van der Waals surface area contributed by atoms with Crippen LogP contribution in [0.25, 0.3) is 6.08 Å². The van der Waals surface area contributed by atoms with E-state index in [9.17, 15) is 0 Å². The average Bonchev–Trinajstić information content (AvgIpc) is 2.48. The Bertz CT molecular complexity index is 353. The van der Waals surface area contributed by atoms with Gasteiger partial charge in [0.1, 0.15) is 4.88 Å². The molecule has 13 heavy (non-hydrogen) atoms. The third-order valence-electron chi connectivity index (χ3n) is 1.62. The Morgan fingerprint density at radius 3 is 2.69 bits per heavy atom. The molecule has 1 nitrogen and oxygen atoms in total. The molecule has 0 saturated carbocycles. The van der Waals surface area contributed by atoms with E-state index in [1.165, 1.54) is 0 Å². The summed E-state index contributed by atoms with van der Waals surface area (Å²) in [6.45, 7) is 6.21. The molecule has 0 atom stereocenters. The number of thiazole rings is 1. The average molecular weight is 191 g/mol. The number of allylic oxidation sites excluding steroid dienone is 1. The van der Waals surface area contributed by atoms with Gasteiger partial charge in [0.25, 0.3) is 0 Å². The van der Waals surface area contributed by atoms with Gasteiger partial charge >= 0.3 is 0 Å². The summed E-state index contributed by atoms with van der Waals surface area (Å²) >= 11 is 1.61. The van der Waals surface area contributed by atoms with Gasteiger partial charge in [0.05, 0.1) is 10.7 Å². The van der Waals surface area contributed by atoms with Gasteiger partial charge in [-0.25, -0.2) is 4.98 Å². The third kappa shape index (κ3) is 2.19. The molecule has 0 radical (unpaired) electrons. The maximum absolute atomic E-state index is 5.38. The highest BCUT2D eigenvalue weighted by Gasteiger charge is 2.09. The predicted octanol–water partition coefficient (Wildman–Crippen LogP) is 3.28. The van der Waals surface area contributed by atoms with Crippen molar-refractivity contribution in [2.24, 2.45) is 0 Å². The van der Waals surface area contributed by atoms with Crippen LogP contribution in [-0.4, -0.2) is 4.98 Å². The Kier molecular flexibility index (Phi) is 3.27. The van der Waals surface area contributed by atoms with Crippen LogP contribution in [-0.2, 0) is 0 Å². The molecule has 0 fully saturated rings. The van der Waals surface area contributed by atoms with Crippen LogP contribution in [0.4, 0.5) is 0 Å². The van der Waals surface area contributed by atoms with E-state index in [2.05, 4.69) is 24.8 Å². The highest BCUT2D eigenvalue weighted by atomic mass is 32.1. The van der Waals surface area contributed by atoms with Crippen LogP contribution >= 0.6 is 11.3 Å². The molecule has 0 aliphatic heterocycles. The van der Waals surface area contributed by atoms with E-state index < -0.39 is 0 Å². The molecular formula is C11H13NS. The van der Waals surface area contributed by atoms with E-state index in [-0.39, 0.29) is 0 Å². The van der Waals surface area contributed by atoms with Gasteiger partial charge in [0.15, 0.2) is 0 Å². The topological polar surface area (TPSA) is 12.9 Å². The van der Waals surface area contributed by atoms with E-state index in [0.717, 1.165) is 15.6 Å². The van der Waals surface area contributed by atoms with Crippen molar-refractivity contribution in [2.45, 2.75) is 26.7 Å². The van der Waals surface area contributed by atoms with Crippen LogP contribution in [0.1, 0.15) is 42.3 Å². The monoisotopic (exact) mass is 191 g/mol. The summed E-state index contributed by atoms with van der Waals surface area (Å²) in [7, 11) is 0. The molecular weight excluding hydrogens is 178 g/mol. The Morgan fingerprint density at radius 1 is 1.54 bits per heavy atom. The molecule has 0 unspecified atom stereocenters. The Hall–Kier alpha value is -1.07. The van der Waals surface area contributed by atoms with Gasteiger partial charge in [-0.2, -0.15) is 0 Å². The lowest BCUT2D eigenvalue weighted by molar-refractivity contribution is 0.851. The van der Waals surface area contributed by atoms with Crippen LogP contribution in [0.3, 0.4) is 0 Å². The van der Waals surface area contributed by atoms with Gasteiger partial charge in [0.2, 0.25) is 0 Å². The minimum atomic E-state index is 0.455. The molecule has 0 spiro atoms.